The highest BCUT2D eigenvalue weighted by Gasteiger charge is 2.11. The third-order valence-corrected chi connectivity index (χ3v) is 3.99. The summed E-state index contributed by atoms with van der Waals surface area (Å²) in [4.78, 5) is 12.1. The second-order valence-electron chi connectivity index (χ2n) is 4.88. The summed E-state index contributed by atoms with van der Waals surface area (Å²) in [5.74, 6) is 0.337. The highest BCUT2D eigenvalue weighted by molar-refractivity contribution is 9.10. The average molecular weight is 408 g/mol. The molecule has 0 bridgehead atoms. The van der Waals surface area contributed by atoms with Gasteiger partial charge < -0.3 is 9.15 Å². The molecule has 0 aliphatic carbocycles. The van der Waals surface area contributed by atoms with E-state index in [0.717, 1.165) is 9.86 Å². The maximum absolute atomic E-state index is 12.1. The van der Waals surface area contributed by atoms with E-state index in [2.05, 4.69) is 26.5 Å². The van der Waals surface area contributed by atoms with Gasteiger partial charge in [-0.05, 0) is 42.5 Å². The van der Waals surface area contributed by atoms with Gasteiger partial charge in [0.25, 0.3) is 0 Å². The van der Waals surface area contributed by atoms with Gasteiger partial charge in [0.05, 0.1) is 13.3 Å². The fourth-order valence-corrected chi connectivity index (χ4v) is 2.71. The third kappa shape index (κ3) is 3.60. The zero-order valence-electron chi connectivity index (χ0n) is 12.5. The third-order valence-electron chi connectivity index (χ3n) is 3.26. The predicted molar refractivity (Wildman–Crippen MR) is 97.0 cm³/mol. The molecule has 0 spiro atoms. The van der Waals surface area contributed by atoms with E-state index in [9.17, 15) is 4.79 Å². The summed E-state index contributed by atoms with van der Waals surface area (Å²) in [7, 11) is 1.55. The van der Waals surface area contributed by atoms with Crippen molar-refractivity contribution in [1.29, 1.82) is 0 Å². The van der Waals surface area contributed by atoms with Crippen LogP contribution in [0.4, 0.5) is 0 Å². The molecule has 0 saturated heterocycles. The molecule has 1 N–H and O–H groups in total. The van der Waals surface area contributed by atoms with Gasteiger partial charge in [-0.15, -0.1) is 0 Å². The maximum Gasteiger partial charge on any atom is 0.307 e. The molecule has 0 aliphatic rings. The highest BCUT2D eigenvalue weighted by atomic mass is 79.9. The minimum absolute atomic E-state index is 0.179. The standard InChI is InChI=1S/C17H12BrClN2O3/c1-23-14-5-3-13(19)7-11(14)9-20-21-17(22)16-8-10-6-12(18)2-4-15(10)24-16/h2-9H,1H3,(H,21,22)/b20-9+. The molecule has 0 unspecified atom stereocenters. The molecule has 3 rings (SSSR count). The van der Waals surface area contributed by atoms with Crippen molar-refractivity contribution < 1.29 is 13.9 Å². The van der Waals surface area contributed by atoms with E-state index in [4.69, 9.17) is 20.8 Å². The van der Waals surface area contributed by atoms with Gasteiger partial charge in [0.2, 0.25) is 0 Å². The number of rotatable bonds is 4. The number of furan rings is 1. The van der Waals surface area contributed by atoms with E-state index in [1.165, 1.54) is 6.21 Å². The number of hydrogen-bond acceptors (Lipinski definition) is 4. The lowest BCUT2D eigenvalue weighted by molar-refractivity contribution is 0.0929. The van der Waals surface area contributed by atoms with Crippen LogP contribution in [0.5, 0.6) is 5.75 Å². The Balaban J connectivity index is 1.76. The fourth-order valence-electron chi connectivity index (χ4n) is 2.15. The van der Waals surface area contributed by atoms with Crippen molar-refractivity contribution in [2.45, 2.75) is 0 Å². The van der Waals surface area contributed by atoms with Gasteiger partial charge >= 0.3 is 5.91 Å². The number of methoxy groups -OCH3 is 1. The number of hydrazone groups is 1. The van der Waals surface area contributed by atoms with Crippen molar-refractivity contribution in [1.82, 2.24) is 5.43 Å². The first kappa shape index (κ1) is 16.5. The van der Waals surface area contributed by atoms with Gasteiger partial charge in [0.15, 0.2) is 5.76 Å². The molecule has 122 valence electrons. The van der Waals surface area contributed by atoms with E-state index in [0.29, 0.717) is 21.9 Å². The molecule has 0 radical (unpaired) electrons. The summed E-state index contributed by atoms with van der Waals surface area (Å²) in [6.45, 7) is 0. The summed E-state index contributed by atoms with van der Waals surface area (Å²) in [6, 6.07) is 12.3. The van der Waals surface area contributed by atoms with Gasteiger partial charge in [-0.1, -0.05) is 27.5 Å². The van der Waals surface area contributed by atoms with Crippen molar-refractivity contribution >= 4 is 50.6 Å². The first-order valence-corrected chi connectivity index (χ1v) is 8.10. The number of nitrogens with zero attached hydrogens (tertiary/aromatic N) is 1. The van der Waals surface area contributed by atoms with Crippen molar-refractivity contribution in [2.24, 2.45) is 5.10 Å². The Hall–Kier alpha value is -2.31. The molecule has 1 heterocycles. The van der Waals surface area contributed by atoms with Crippen LogP contribution in [-0.2, 0) is 0 Å². The number of fused-ring (bicyclic) bond motifs is 1. The van der Waals surface area contributed by atoms with Crippen molar-refractivity contribution in [3.63, 3.8) is 0 Å². The smallest absolute Gasteiger partial charge is 0.307 e. The molecule has 2 aromatic carbocycles. The molecule has 1 aromatic heterocycles. The van der Waals surface area contributed by atoms with Crippen molar-refractivity contribution in [2.75, 3.05) is 7.11 Å². The van der Waals surface area contributed by atoms with Crippen LogP contribution in [0.2, 0.25) is 5.02 Å². The van der Waals surface area contributed by atoms with E-state index in [1.54, 1.807) is 37.4 Å². The Morgan fingerprint density at radius 3 is 2.92 bits per heavy atom. The quantitative estimate of drug-likeness (QED) is 0.507. The number of nitrogens with one attached hydrogen (secondary N) is 1. The van der Waals surface area contributed by atoms with E-state index in [-0.39, 0.29) is 5.76 Å². The van der Waals surface area contributed by atoms with Crippen LogP contribution < -0.4 is 10.2 Å². The van der Waals surface area contributed by atoms with E-state index in [1.807, 2.05) is 12.1 Å². The highest BCUT2D eigenvalue weighted by Crippen LogP contribution is 2.23. The largest absolute Gasteiger partial charge is 0.496 e. The Morgan fingerprint density at radius 2 is 2.12 bits per heavy atom. The predicted octanol–water partition coefficient (Wildman–Crippen LogP) is 4.62. The average Bonchev–Trinajstić information content (AvgIpc) is 2.98. The number of ether oxygens (including phenoxy) is 1. The molecular weight excluding hydrogens is 396 g/mol. The van der Waals surface area contributed by atoms with Crippen LogP contribution in [0, 0.1) is 0 Å². The normalized spacial score (nSPS) is 11.1. The van der Waals surface area contributed by atoms with Crippen LogP contribution in [0.25, 0.3) is 11.0 Å². The lowest BCUT2D eigenvalue weighted by Gasteiger charge is -2.04. The SMILES string of the molecule is COc1ccc(Cl)cc1/C=N/NC(=O)c1cc2cc(Br)ccc2o1. The Morgan fingerprint density at radius 1 is 1.29 bits per heavy atom. The maximum atomic E-state index is 12.1. The summed E-state index contributed by atoms with van der Waals surface area (Å²) < 4.78 is 11.6. The second kappa shape index (κ2) is 7.07. The molecule has 0 fully saturated rings. The Bertz CT molecular complexity index is 937. The summed E-state index contributed by atoms with van der Waals surface area (Å²) in [5, 5.41) is 5.30. The van der Waals surface area contributed by atoms with Gasteiger partial charge in [0.1, 0.15) is 11.3 Å². The van der Waals surface area contributed by atoms with E-state index < -0.39 is 5.91 Å². The first-order chi connectivity index (χ1) is 11.6. The molecule has 0 saturated carbocycles. The second-order valence-corrected chi connectivity index (χ2v) is 6.23. The molecule has 7 heteroatoms. The van der Waals surface area contributed by atoms with Crippen LogP contribution >= 0.6 is 27.5 Å². The molecule has 1 amide bonds. The fraction of sp³-hybridized carbons (Fsp3) is 0.0588. The zero-order chi connectivity index (χ0) is 17.1. The number of benzene rings is 2. The summed E-state index contributed by atoms with van der Waals surface area (Å²) >= 11 is 9.32. The van der Waals surface area contributed by atoms with Crippen LogP contribution in [-0.4, -0.2) is 19.2 Å². The summed E-state index contributed by atoms with van der Waals surface area (Å²) in [5.41, 5.74) is 3.70. The Labute approximate surface area is 151 Å². The number of amides is 1. The van der Waals surface area contributed by atoms with Crippen molar-refractivity contribution in [3.8, 4) is 5.75 Å². The number of carbonyl (C=O) groups is 1. The Kier molecular flexibility index (Phi) is 4.87. The van der Waals surface area contributed by atoms with Crippen molar-refractivity contribution in [3.05, 3.63) is 63.3 Å². The number of carbonyl (C=O) groups excluding carboxylic acids is 1. The minimum Gasteiger partial charge on any atom is -0.496 e. The zero-order valence-corrected chi connectivity index (χ0v) is 14.9. The van der Waals surface area contributed by atoms with E-state index >= 15 is 0 Å². The first-order valence-electron chi connectivity index (χ1n) is 6.93. The van der Waals surface area contributed by atoms with Gasteiger partial charge in [-0.2, -0.15) is 5.10 Å². The molecule has 0 atom stereocenters. The lowest BCUT2D eigenvalue weighted by atomic mass is 10.2. The molecule has 3 aromatic rings. The van der Waals surface area contributed by atoms with Gasteiger partial charge in [-0.3, -0.25) is 4.79 Å². The molecular formula is C17H12BrClN2O3. The van der Waals surface area contributed by atoms with Crippen LogP contribution in [0.3, 0.4) is 0 Å². The topological polar surface area (TPSA) is 63.8 Å². The minimum atomic E-state index is -0.445. The van der Waals surface area contributed by atoms with Crippen LogP contribution in [0.1, 0.15) is 16.1 Å². The lowest BCUT2D eigenvalue weighted by Crippen LogP contribution is -2.16. The van der Waals surface area contributed by atoms with Gasteiger partial charge in [-0.25, -0.2) is 5.43 Å². The molecule has 5 nitrogen and oxygen atoms in total. The number of hydrogen-bond donors (Lipinski definition) is 1. The van der Waals surface area contributed by atoms with Crippen LogP contribution in [0.15, 0.2) is 56.5 Å². The summed E-state index contributed by atoms with van der Waals surface area (Å²) in [6.07, 6.45) is 1.46. The monoisotopic (exact) mass is 406 g/mol. The van der Waals surface area contributed by atoms with Gasteiger partial charge in [0, 0.05) is 20.4 Å². The number of halogens is 2. The molecule has 0 aliphatic heterocycles. The molecule has 24 heavy (non-hydrogen) atoms.